The Morgan fingerprint density at radius 3 is 2.67 bits per heavy atom. The highest BCUT2D eigenvalue weighted by atomic mass is 16.5. The number of hydrogen-bond donors (Lipinski definition) is 2. The lowest BCUT2D eigenvalue weighted by Gasteiger charge is -2.28. The Kier molecular flexibility index (Phi) is 5.98. The number of morpholine rings is 1. The molecule has 1 saturated heterocycles. The molecule has 1 fully saturated rings. The molecule has 0 unspecified atom stereocenters. The summed E-state index contributed by atoms with van der Waals surface area (Å²) in [5.74, 6) is 0.565. The molecule has 1 atom stereocenters. The number of β-amino-alcohol motifs (C(OH)–C–C–N with tert-alkyl or cyclic N) is 1. The summed E-state index contributed by atoms with van der Waals surface area (Å²) in [6, 6.07) is 7.08. The van der Waals surface area contributed by atoms with Crippen molar-refractivity contribution in [2.24, 2.45) is 0 Å². The third-order valence-corrected chi connectivity index (χ3v) is 3.19. The molecule has 0 saturated carbocycles. The average Bonchev–Trinajstić information content (AvgIpc) is 2.47. The summed E-state index contributed by atoms with van der Waals surface area (Å²) in [7, 11) is 0. The number of hydrogen-bond acceptors (Lipinski definition) is 5. The van der Waals surface area contributed by atoms with E-state index < -0.39 is 6.10 Å². The van der Waals surface area contributed by atoms with Gasteiger partial charge in [0.1, 0.15) is 18.5 Å². The standard InChI is InChI=1S/C15H22N2O4/c1-12(18)16-13-2-4-15(5-3-13)21-11-14(19)10-17-6-8-20-9-7-17/h2-5,14,19H,6-11H2,1H3,(H,16,18)/t14-/m0/s1. The van der Waals surface area contributed by atoms with Crippen molar-refractivity contribution in [3.8, 4) is 5.75 Å². The molecule has 116 valence electrons. The van der Waals surface area contributed by atoms with Gasteiger partial charge in [0.2, 0.25) is 5.91 Å². The van der Waals surface area contributed by atoms with Gasteiger partial charge in [-0.15, -0.1) is 0 Å². The Labute approximate surface area is 124 Å². The van der Waals surface area contributed by atoms with Crippen molar-refractivity contribution in [2.45, 2.75) is 13.0 Å². The number of benzene rings is 1. The summed E-state index contributed by atoms with van der Waals surface area (Å²) < 4.78 is 10.8. The smallest absolute Gasteiger partial charge is 0.221 e. The summed E-state index contributed by atoms with van der Waals surface area (Å²) in [4.78, 5) is 13.1. The molecule has 1 heterocycles. The van der Waals surface area contributed by atoms with E-state index in [4.69, 9.17) is 9.47 Å². The number of carbonyl (C=O) groups is 1. The zero-order valence-corrected chi connectivity index (χ0v) is 12.2. The van der Waals surface area contributed by atoms with Gasteiger partial charge in [0.15, 0.2) is 0 Å². The van der Waals surface area contributed by atoms with Crippen LogP contribution in [0.4, 0.5) is 5.69 Å². The van der Waals surface area contributed by atoms with Crippen molar-refractivity contribution in [1.82, 2.24) is 4.90 Å². The minimum absolute atomic E-state index is 0.107. The SMILES string of the molecule is CC(=O)Nc1ccc(OC[C@@H](O)CN2CCOCC2)cc1. The topological polar surface area (TPSA) is 71.0 Å². The lowest BCUT2D eigenvalue weighted by Crippen LogP contribution is -2.42. The Bertz CT molecular complexity index is 443. The van der Waals surface area contributed by atoms with Crippen LogP contribution >= 0.6 is 0 Å². The van der Waals surface area contributed by atoms with Crippen molar-refractivity contribution >= 4 is 11.6 Å². The van der Waals surface area contributed by atoms with Crippen LogP contribution in [0.2, 0.25) is 0 Å². The van der Waals surface area contributed by atoms with Gasteiger partial charge in [-0.25, -0.2) is 0 Å². The van der Waals surface area contributed by atoms with Crippen LogP contribution in [0, 0.1) is 0 Å². The van der Waals surface area contributed by atoms with Crippen LogP contribution in [-0.4, -0.2) is 61.5 Å². The maximum atomic E-state index is 10.9. The second-order valence-corrected chi connectivity index (χ2v) is 5.08. The van der Waals surface area contributed by atoms with E-state index in [9.17, 15) is 9.90 Å². The molecular weight excluding hydrogens is 272 g/mol. The van der Waals surface area contributed by atoms with E-state index in [0.717, 1.165) is 32.0 Å². The lowest BCUT2D eigenvalue weighted by atomic mass is 10.3. The normalized spacial score (nSPS) is 17.2. The van der Waals surface area contributed by atoms with E-state index in [1.165, 1.54) is 6.92 Å². The van der Waals surface area contributed by atoms with Crippen LogP contribution < -0.4 is 10.1 Å². The molecular formula is C15H22N2O4. The minimum atomic E-state index is -0.530. The second-order valence-electron chi connectivity index (χ2n) is 5.08. The van der Waals surface area contributed by atoms with Crippen molar-refractivity contribution in [3.63, 3.8) is 0 Å². The molecule has 1 aromatic carbocycles. The average molecular weight is 294 g/mol. The Morgan fingerprint density at radius 1 is 1.38 bits per heavy atom. The number of aliphatic hydroxyl groups excluding tert-OH is 1. The summed E-state index contributed by atoms with van der Waals surface area (Å²) in [5.41, 5.74) is 0.726. The highest BCUT2D eigenvalue weighted by Gasteiger charge is 2.15. The molecule has 1 aromatic rings. The first-order chi connectivity index (χ1) is 10.1. The number of rotatable bonds is 6. The Hall–Kier alpha value is -1.63. The lowest BCUT2D eigenvalue weighted by molar-refractivity contribution is -0.114. The molecule has 2 rings (SSSR count). The fourth-order valence-corrected chi connectivity index (χ4v) is 2.16. The van der Waals surface area contributed by atoms with Crippen molar-refractivity contribution < 1.29 is 19.4 Å². The number of nitrogens with zero attached hydrogens (tertiary/aromatic N) is 1. The molecule has 6 nitrogen and oxygen atoms in total. The predicted octanol–water partition coefficient (Wildman–Crippen LogP) is 0.717. The molecule has 1 amide bonds. The third-order valence-electron chi connectivity index (χ3n) is 3.19. The largest absolute Gasteiger partial charge is 0.491 e. The van der Waals surface area contributed by atoms with E-state index in [-0.39, 0.29) is 12.5 Å². The summed E-state index contributed by atoms with van der Waals surface area (Å²) in [6.07, 6.45) is -0.530. The maximum Gasteiger partial charge on any atom is 0.221 e. The molecule has 1 aliphatic heterocycles. The molecule has 0 radical (unpaired) electrons. The fourth-order valence-electron chi connectivity index (χ4n) is 2.16. The van der Waals surface area contributed by atoms with Gasteiger partial charge in [0, 0.05) is 32.2 Å². The van der Waals surface area contributed by atoms with Crippen molar-refractivity contribution in [3.05, 3.63) is 24.3 Å². The van der Waals surface area contributed by atoms with Crippen LogP contribution in [0.15, 0.2) is 24.3 Å². The predicted molar refractivity (Wildman–Crippen MR) is 79.5 cm³/mol. The van der Waals surface area contributed by atoms with E-state index in [0.29, 0.717) is 12.3 Å². The highest BCUT2D eigenvalue weighted by molar-refractivity contribution is 5.88. The molecule has 21 heavy (non-hydrogen) atoms. The van der Waals surface area contributed by atoms with Gasteiger partial charge < -0.3 is 19.9 Å². The number of aliphatic hydroxyl groups is 1. The monoisotopic (exact) mass is 294 g/mol. The number of carbonyl (C=O) groups excluding carboxylic acids is 1. The molecule has 0 bridgehead atoms. The zero-order valence-electron chi connectivity index (χ0n) is 12.2. The van der Waals surface area contributed by atoms with Gasteiger partial charge in [-0.05, 0) is 24.3 Å². The molecule has 0 spiro atoms. The molecule has 6 heteroatoms. The number of amides is 1. The first kappa shape index (κ1) is 15.8. The van der Waals surface area contributed by atoms with Crippen LogP contribution in [0.3, 0.4) is 0 Å². The zero-order chi connectivity index (χ0) is 15.1. The summed E-state index contributed by atoms with van der Waals surface area (Å²) in [5, 5.41) is 12.7. The van der Waals surface area contributed by atoms with Gasteiger partial charge in [-0.2, -0.15) is 0 Å². The van der Waals surface area contributed by atoms with Crippen LogP contribution in [0.25, 0.3) is 0 Å². The Balaban J connectivity index is 1.72. The van der Waals surface area contributed by atoms with Crippen molar-refractivity contribution in [1.29, 1.82) is 0 Å². The molecule has 0 aliphatic carbocycles. The molecule has 0 aromatic heterocycles. The van der Waals surface area contributed by atoms with Gasteiger partial charge in [-0.3, -0.25) is 9.69 Å². The molecule has 2 N–H and O–H groups in total. The quantitative estimate of drug-likeness (QED) is 0.809. The van der Waals surface area contributed by atoms with Crippen molar-refractivity contribution in [2.75, 3.05) is 44.8 Å². The van der Waals surface area contributed by atoms with Gasteiger partial charge in [-0.1, -0.05) is 0 Å². The van der Waals surface area contributed by atoms with Gasteiger partial charge in [0.25, 0.3) is 0 Å². The number of ether oxygens (including phenoxy) is 2. The van der Waals surface area contributed by atoms with E-state index in [1.807, 2.05) is 0 Å². The van der Waals surface area contributed by atoms with E-state index >= 15 is 0 Å². The maximum absolute atomic E-state index is 10.9. The van der Waals surface area contributed by atoms with Crippen LogP contribution in [-0.2, 0) is 9.53 Å². The minimum Gasteiger partial charge on any atom is -0.491 e. The van der Waals surface area contributed by atoms with Crippen LogP contribution in [0.5, 0.6) is 5.75 Å². The number of nitrogens with one attached hydrogen (secondary N) is 1. The second kappa shape index (κ2) is 7.97. The molecule has 1 aliphatic rings. The highest BCUT2D eigenvalue weighted by Crippen LogP contribution is 2.16. The van der Waals surface area contributed by atoms with Gasteiger partial charge >= 0.3 is 0 Å². The first-order valence-electron chi connectivity index (χ1n) is 7.12. The summed E-state index contributed by atoms with van der Waals surface area (Å²) in [6.45, 7) is 5.44. The van der Waals surface area contributed by atoms with E-state index in [1.54, 1.807) is 24.3 Å². The first-order valence-corrected chi connectivity index (χ1v) is 7.12. The Morgan fingerprint density at radius 2 is 2.05 bits per heavy atom. The van der Waals surface area contributed by atoms with Crippen LogP contribution in [0.1, 0.15) is 6.92 Å². The fraction of sp³-hybridized carbons (Fsp3) is 0.533. The number of anilines is 1. The summed E-state index contributed by atoms with van der Waals surface area (Å²) >= 11 is 0. The van der Waals surface area contributed by atoms with Gasteiger partial charge in [0.05, 0.1) is 13.2 Å². The third kappa shape index (κ3) is 5.71. The van der Waals surface area contributed by atoms with E-state index in [2.05, 4.69) is 10.2 Å².